The Balaban J connectivity index is 2.75. The molecule has 0 bridgehead atoms. The Hall–Kier alpha value is -1.63. The first-order valence-corrected chi connectivity index (χ1v) is 6.89. The molecule has 2 amide bonds. The standard InChI is InChI=1S/C13H16BrFN2O3/c1-3-7(2)11(12(18)19)17-13(20)16-10-6-8(14)4-5-9(10)15/h4-7,11H,3H2,1-2H3,(H,18,19)(H2,16,17,20)/t7?,11-/m0/s1. The highest BCUT2D eigenvalue weighted by atomic mass is 79.9. The lowest BCUT2D eigenvalue weighted by Gasteiger charge is -2.20. The van der Waals surface area contributed by atoms with Crippen LogP contribution in [0.15, 0.2) is 22.7 Å². The monoisotopic (exact) mass is 346 g/mol. The van der Waals surface area contributed by atoms with Crippen LogP contribution in [0.3, 0.4) is 0 Å². The number of halogens is 2. The minimum absolute atomic E-state index is 0.0230. The number of anilines is 1. The minimum Gasteiger partial charge on any atom is -0.480 e. The molecule has 0 aliphatic rings. The van der Waals surface area contributed by atoms with Gasteiger partial charge in [-0.1, -0.05) is 36.2 Å². The number of hydrogen-bond donors (Lipinski definition) is 3. The Morgan fingerprint density at radius 1 is 1.45 bits per heavy atom. The number of carboxylic acids is 1. The quantitative estimate of drug-likeness (QED) is 0.765. The van der Waals surface area contributed by atoms with Gasteiger partial charge >= 0.3 is 12.0 Å². The van der Waals surface area contributed by atoms with Gasteiger partial charge in [-0.3, -0.25) is 0 Å². The highest BCUT2D eigenvalue weighted by Crippen LogP contribution is 2.20. The molecule has 5 nitrogen and oxygen atoms in total. The Morgan fingerprint density at radius 3 is 2.65 bits per heavy atom. The number of benzene rings is 1. The van der Waals surface area contributed by atoms with E-state index in [2.05, 4.69) is 26.6 Å². The zero-order valence-corrected chi connectivity index (χ0v) is 12.7. The third-order valence-electron chi connectivity index (χ3n) is 2.94. The summed E-state index contributed by atoms with van der Waals surface area (Å²) >= 11 is 3.16. The summed E-state index contributed by atoms with van der Waals surface area (Å²) in [5, 5.41) is 13.7. The van der Waals surface area contributed by atoms with E-state index in [0.717, 1.165) is 0 Å². The summed E-state index contributed by atoms with van der Waals surface area (Å²) in [6, 6.07) is 2.32. The van der Waals surface area contributed by atoms with Crippen LogP contribution >= 0.6 is 15.9 Å². The molecule has 7 heteroatoms. The van der Waals surface area contributed by atoms with Gasteiger partial charge in [-0.2, -0.15) is 0 Å². The van der Waals surface area contributed by atoms with Gasteiger partial charge in [0.25, 0.3) is 0 Å². The summed E-state index contributed by atoms with van der Waals surface area (Å²) in [5.41, 5.74) is -0.0230. The molecule has 0 fully saturated rings. The molecule has 1 aromatic rings. The first-order chi connectivity index (χ1) is 9.35. The fraction of sp³-hybridized carbons (Fsp3) is 0.385. The van der Waals surface area contributed by atoms with Crippen molar-refractivity contribution < 1.29 is 19.1 Å². The number of carbonyl (C=O) groups excluding carboxylic acids is 1. The Labute approximate surface area is 124 Å². The molecule has 0 aliphatic heterocycles. The Kier molecular flexibility index (Phi) is 5.94. The molecular formula is C13H16BrFN2O3. The number of carbonyl (C=O) groups is 2. The molecule has 2 atom stereocenters. The van der Waals surface area contributed by atoms with E-state index in [0.29, 0.717) is 10.9 Å². The maximum Gasteiger partial charge on any atom is 0.326 e. The molecule has 0 heterocycles. The second-order valence-corrected chi connectivity index (χ2v) is 5.34. The van der Waals surface area contributed by atoms with Gasteiger partial charge < -0.3 is 15.7 Å². The second-order valence-electron chi connectivity index (χ2n) is 4.42. The third kappa shape index (κ3) is 4.48. The summed E-state index contributed by atoms with van der Waals surface area (Å²) in [5.74, 6) is -1.95. The summed E-state index contributed by atoms with van der Waals surface area (Å²) < 4.78 is 14.1. The normalized spacial score (nSPS) is 13.4. The van der Waals surface area contributed by atoms with E-state index < -0.39 is 23.9 Å². The lowest BCUT2D eigenvalue weighted by molar-refractivity contribution is -0.140. The molecular weight excluding hydrogens is 331 g/mol. The predicted octanol–water partition coefficient (Wildman–Crippen LogP) is 3.21. The van der Waals surface area contributed by atoms with Gasteiger partial charge in [0.2, 0.25) is 0 Å². The molecule has 0 radical (unpaired) electrons. The molecule has 1 unspecified atom stereocenters. The van der Waals surface area contributed by atoms with Gasteiger partial charge in [-0.25, -0.2) is 14.0 Å². The number of hydrogen-bond acceptors (Lipinski definition) is 2. The van der Waals surface area contributed by atoms with E-state index >= 15 is 0 Å². The van der Waals surface area contributed by atoms with E-state index in [9.17, 15) is 14.0 Å². The summed E-state index contributed by atoms with van der Waals surface area (Å²) in [4.78, 5) is 22.8. The van der Waals surface area contributed by atoms with Gasteiger partial charge in [0.05, 0.1) is 5.69 Å². The van der Waals surface area contributed by atoms with Crippen LogP contribution in [0.4, 0.5) is 14.9 Å². The van der Waals surface area contributed by atoms with E-state index in [1.807, 2.05) is 6.92 Å². The average Bonchev–Trinajstić information content (AvgIpc) is 2.39. The summed E-state index contributed by atoms with van der Waals surface area (Å²) in [6.45, 7) is 3.55. The second kappa shape index (κ2) is 7.23. The van der Waals surface area contributed by atoms with Crippen LogP contribution in [0.5, 0.6) is 0 Å². The molecule has 0 saturated carbocycles. The smallest absolute Gasteiger partial charge is 0.326 e. The van der Waals surface area contributed by atoms with Crippen LogP contribution in [0.2, 0.25) is 0 Å². The molecule has 0 spiro atoms. The molecule has 1 rings (SSSR count). The van der Waals surface area contributed by atoms with Gasteiger partial charge in [0.15, 0.2) is 0 Å². The number of carboxylic acid groups (broad SMARTS) is 1. The predicted molar refractivity (Wildman–Crippen MR) is 77.1 cm³/mol. The van der Waals surface area contributed by atoms with E-state index in [4.69, 9.17) is 5.11 Å². The number of rotatable bonds is 5. The SMILES string of the molecule is CCC(C)[C@H](NC(=O)Nc1cc(Br)ccc1F)C(=O)O. The average molecular weight is 347 g/mol. The molecule has 20 heavy (non-hydrogen) atoms. The van der Waals surface area contributed by atoms with Crippen LogP contribution in [0.25, 0.3) is 0 Å². The van der Waals surface area contributed by atoms with E-state index in [-0.39, 0.29) is 11.6 Å². The first kappa shape index (κ1) is 16.4. The molecule has 3 N–H and O–H groups in total. The zero-order chi connectivity index (χ0) is 15.3. The molecule has 0 aliphatic carbocycles. The van der Waals surface area contributed by atoms with Crippen molar-refractivity contribution in [3.05, 3.63) is 28.5 Å². The van der Waals surface area contributed by atoms with Gasteiger partial charge in [-0.15, -0.1) is 0 Å². The van der Waals surface area contributed by atoms with Crippen LogP contribution in [0, 0.1) is 11.7 Å². The topological polar surface area (TPSA) is 78.4 Å². The highest BCUT2D eigenvalue weighted by molar-refractivity contribution is 9.10. The third-order valence-corrected chi connectivity index (χ3v) is 3.44. The summed E-state index contributed by atoms with van der Waals surface area (Å²) in [7, 11) is 0. The molecule has 0 saturated heterocycles. The van der Waals surface area contributed by atoms with Crippen molar-refractivity contribution >= 4 is 33.6 Å². The van der Waals surface area contributed by atoms with Crippen LogP contribution in [-0.2, 0) is 4.79 Å². The van der Waals surface area contributed by atoms with E-state index in [1.54, 1.807) is 6.92 Å². The van der Waals surface area contributed by atoms with Gasteiger partial charge in [-0.05, 0) is 24.1 Å². The van der Waals surface area contributed by atoms with Crippen LogP contribution in [0.1, 0.15) is 20.3 Å². The largest absolute Gasteiger partial charge is 0.480 e. The maximum absolute atomic E-state index is 13.5. The summed E-state index contributed by atoms with van der Waals surface area (Å²) in [6.07, 6.45) is 0.600. The lowest BCUT2D eigenvalue weighted by atomic mass is 9.99. The minimum atomic E-state index is -1.12. The number of urea groups is 1. The van der Waals surface area contributed by atoms with Gasteiger partial charge in [0.1, 0.15) is 11.9 Å². The van der Waals surface area contributed by atoms with Crippen LogP contribution < -0.4 is 10.6 Å². The maximum atomic E-state index is 13.5. The van der Waals surface area contributed by atoms with Crippen molar-refractivity contribution in [3.8, 4) is 0 Å². The Morgan fingerprint density at radius 2 is 2.10 bits per heavy atom. The lowest BCUT2D eigenvalue weighted by Crippen LogP contribution is -2.46. The van der Waals surface area contributed by atoms with Crippen molar-refractivity contribution in [2.24, 2.45) is 5.92 Å². The van der Waals surface area contributed by atoms with Crippen molar-refractivity contribution in [2.75, 3.05) is 5.32 Å². The Bertz CT molecular complexity index is 510. The molecule has 1 aromatic carbocycles. The fourth-order valence-corrected chi connectivity index (χ4v) is 1.94. The van der Waals surface area contributed by atoms with E-state index in [1.165, 1.54) is 18.2 Å². The van der Waals surface area contributed by atoms with Crippen molar-refractivity contribution in [3.63, 3.8) is 0 Å². The number of nitrogens with one attached hydrogen (secondary N) is 2. The van der Waals surface area contributed by atoms with Crippen LogP contribution in [-0.4, -0.2) is 23.1 Å². The van der Waals surface area contributed by atoms with Crippen molar-refractivity contribution in [2.45, 2.75) is 26.3 Å². The van der Waals surface area contributed by atoms with Crippen molar-refractivity contribution in [1.82, 2.24) is 5.32 Å². The fourth-order valence-electron chi connectivity index (χ4n) is 1.58. The highest BCUT2D eigenvalue weighted by Gasteiger charge is 2.25. The zero-order valence-electron chi connectivity index (χ0n) is 11.1. The van der Waals surface area contributed by atoms with Crippen molar-refractivity contribution in [1.29, 1.82) is 0 Å². The first-order valence-electron chi connectivity index (χ1n) is 6.10. The molecule has 110 valence electrons. The number of amides is 2. The molecule has 0 aromatic heterocycles. The van der Waals surface area contributed by atoms with Gasteiger partial charge in [0, 0.05) is 4.47 Å². The number of aliphatic carboxylic acids is 1.